The highest BCUT2D eigenvalue weighted by molar-refractivity contribution is 5.74. The molecule has 98 valence electrons. The number of carboxylic acid groups (broad SMARTS) is 1. The fourth-order valence-corrected chi connectivity index (χ4v) is 2.75. The van der Waals surface area contributed by atoms with Crippen LogP contribution in [0.15, 0.2) is 30.5 Å². The number of allylic oxidation sites excluding steroid dienone is 2. The van der Waals surface area contributed by atoms with Crippen molar-refractivity contribution in [2.24, 2.45) is 13.0 Å². The van der Waals surface area contributed by atoms with Crippen molar-refractivity contribution in [3.63, 3.8) is 0 Å². The van der Waals surface area contributed by atoms with Gasteiger partial charge in [-0.3, -0.25) is 4.79 Å². The van der Waals surface area contributed by atoms with Gasteiger partial charge < -0.3 is 9.67 Å². The van der Waals surface area contributed by atoms with Crippen molar-refractivity contribution < 1.29 is 9.90 Å². The normalized spacial score (nSPS) is 22.8. The molecule has 0 saturated heterocycles. The third-order valence-electron chi connectivity index (χ3n) is 3.77. The van der Waals surface area contributed by atoms with Gasteiger partial charge in [0.05, 0.1) is 11.4 Å². The van der Waals surface area contributed by atoms with Crippen molar-refractivity contribution >= 4 is 17.1 Å². The summed E-state index contributed by atoms with van der Waals surface area (Å²) < 4.78 is 1.96. The first-order chi connectivity index (χ1) is 9.18. The summed E-state index contributed by atoms with van der Waals surface area (Å²) >= 11 is 0. The number of imidazole rings is 1. The van der Waals surface area contributed by atoms with Crippen LogP contribution in [0.4, 0.5) is 0 Å². The van der Waals surface area contributed by atoms with Gasteiger partial charge in [0.25, 0.3) is 0 Å². The summed E-state index contributed by atoms with van der Waals surface area (Å²) in [5.41, 5.74) is 1.62. The molecule has 0 aromatic carbocycles. The van der Waals surface area contributed by atoms with E-state index in [4.69, 9.17) is 0 Å². The molecule has 2 aromatic heterocycles. The Hall–Kier alpha value is -2.17. The summed E-state index contributed by atoms with van der Waals surface area (Å²) in [6.45, 7) is 0. The third kappa shape index (κ3) is 1.91. The summed E-state index contributed by atoms with van der Waals surface area (Å²) in [4.78, 5) is 20.1. The minimum Gasteiger partial charge on any atom is -0.481 e. The molecule has 2 heterocycles. The molecule has 0 radical (unpaired) electrons. The molecule has 3 rings (SSSR count). The second kappa shape index (κ2) is 4.50. The van der Waals surface area contributed by atoms with E-state index in [-0.39, 0.29) is 5.92 Å². The van der Waals surface area contributed by atoms with Crippen molar-refractivity contribution in [2.45, 2.75) is 18.8 Å². The van der Waals surface area contributed by atoms with E-state index in [1.54, 1.807) is 6.20 Å². The van der Waals surface area contributed by atoms with E-state index in [9.17, 15) is 9.90 Å². The zero-order valence-electron chi connectivity index (χ0n) is 10.7. The maximum Gasteiger partial charge on any atom is 0.307 e. The van der Waals surface area contributed by atoms with Crippen LogP contribution in [0.2, 0.25) is 0 Å². The minimum atomic E-state index is -0.755. The van der Waals surface area contributed by atoms with Gasteiger partial charge in [-0.05, 0) is 25.0 Å². The second-order valence-electron chi connectivity index (χ2n) is 4.87. The molecular weight excluding hydrogens is 242 g/mol. The number of aliphatic carboxylic acids is 1. The summed E-state index contributed by atoms with van der Waals surface area (Å²) in [5.74, 6) is -0.429. The summed E-state index contributed by atoms with van der Waals surface area (Å²) in [7, 11) is 1.92. The van der Waals surface area contributed by atoms with Crippen molar-refractivity contribution in [1.82, 2.24) is 14.5 Å². The van der Waals surface area contributed by atoms with Gasteiger partial charge in [0.2, 0.25) is 0 Å². The SMILES string of the molecule is Cn1c(C2CC=CCC2C(=O)O)nc2ncccc21. The van der Waals surface area contributed by atoms with Crippen LogP contribution in [0.5, 0.6) is 0 Å². The Balaban J connectivity index is 2.10. The quantitative estimate of drug-likeness (QED) is 0.836. The zero-order valence-corrected chi connectivity index (χ0v) is 10.7. The molecule has 19 heavy (non-hydrogen) atoms. The lowest BCUT2D eigenvalue weighted by Gasteiger charge is -2.24. The van der Waals surface area contributed by atoms with Gasteiger partial charge in [-0.25, -0.2) is 9.97 Å². The Labute approximate surface area is 110 Å². The standard InChI is InChI=1S/C14H15N3O2/c1-17-11-7-4-8-15-12(11)16-13(17)9-5-2-3-6-10(9)14(18)19/h2-4,7-10H,5-6H2,1H3,(H,18,19). The van der Waals surface area contributed by atoms with Crippen molar-refractivity contribution in [3.05, 3.63) is 36.3 Å². The maximum atomic E-state index is 11.4. The van der Waals surface area contributed by atoms with Crippen LogP contribution >= 0.6 is 0 Å². The molecule has 2 atom stereocenters. The minimum absolute atomic E-state index is 0.0818. The monoisotopic (exact) mass is 257 g/mol. The Morgan fingerprint density at radius 2 is 2.21 bits per heavy atom. The fraction of sp³-hybridized carbons (Fsp3) is 0.357. The first kappa shape index (κ1) is 11.9. The van der Waals surface area contributed by atoms with Gasteiger partial charge in [-0.2, -0.15) is 0 Å². The average Bonchev–Trinajstić information content (AvgIpc) is 2.76. The van der Waals surface area contributed by atoms with Crippen LogP contribution in [0.25, 0.3) is 11.2 Å². The number of carbonyl (C=O) groups is 1. The molecular formula is C14H15N3O2. The van der Waals surface area contributed by atoms with E-state index in [1.807, 2.05) is 35.9 Å². The van der Waals surface area contributed by atoms with Crippen LogP contribution < -0.4 is 0 Å². The summed E-state index contributed by atoms with van der Waals surface area (Å²) in [6, 6.07) is 3.82. The van der Waals surface area contributed by atoms with Gasteiger partial charge in [0.1, 0.15) is 5.82 Å². The lowest BCUT2D eigenvalue weighted by atomic mass is 9.82. The second-order valence-corrected chi connectivity index (χ2v) is 4.87. The molecule has 1 aliphatic rings. The number of nitrogens with zero attached hydrogens (tertiary/aromatic N) is 3. The molecule has 2 unspecified atom stereocenters. The highest BCUT2D eigenvalue weighted by Crippen LogP contribution is 2.35. The van der Waals surface area contributed by atoms with Gasteiger partial charge in [-0.15, -0.1) is 0 Å². The molecule has 0 fully saturated rings. The number of carboxylic acids is 1. The van der Waals surface area contributed by atoms with E-state index in [2.05, 4.69) is 9.97 Å². The van der Waals surface area contributed by atoms with Gasteiger partial charge in [0, 0.05) is 19.2 Å². The average molecular weight is 257 g/mol. The molecule has 0 aliphatic heterocycles. The Kier molecular flexibility index (Phi) is 2.81. The van der Waals surface area contributed by atoms with Crippen LogP contribution in [-0.4, -0.2) is 25.6 Å². The molecule has 5 heteroatoms. The number of pyridine rings is 1. The lowest BCUT2D eigenvalue weighted by Crippen LogP contribution is -2.25. The van der Waals surface area contributed by atoms with Crippen LogP contribution in [0.1, 0.15) is 24.6 Å². The first-order valence-corrected chi connectivity index (χ1v) is 6.33. The molecule has 0 bridgehead atoms. The smallest absolute Gasteiger partial charge is 0.307 e. The molecule has 5 nitrogen and oxygen atoms in total. The fourth-order valence-electron chi connectivity index (χ4n) is 2.75. The number of aryl methyl sites for hydroxylation is 1. The van der Waals surface area contributed by atoms with E-state index in [0.717, 1.165) is 11.3 Å². The number of hydrogen-bond acceptors (Lipinski definition) is 3. The highest BCUT2D eigenvalue weighted by atomic mass is 16.4. The van der Waals surface area contributed by atoms with E-state index < -0.39 is 11.9 Å². The lowest BCUT2D eigenvalue weighted by molar-refractivity contribution is -0.142. The largest absolute Gasteiger partial charge is 0.481 e. The number of aromatic nitrogens is 3. The van der Waals surface area contributed by atoms with Crippen molar-refractivity contribution in [3.8, 4) is 0 Å². The molecule has 0 saturated carbocycles. The van der Waals surface area contributed by atoms with Crippen molar-refractivity contribution in [2.75, 3.05) is 0 Å². The van der Waals surface area contributed by atoms with Gasteiger partial charge in [0.15, 0.2) is 5.65 Å². The molecule has 1 aliphatic carbocycles. The predicted molar refractivity (Wildman–Crippen MR) is 70.7 cm³/mol. The zero-order chi connectivity index (χ0) is 13.4. The van der Waals surface area contributed by atoms with Crippen molar-refractivity contribution in [1.29, 1.82) is 0 Å². The molecule has 0 amide bonds. The molecule has 1 N–H and O–H groups in total. The van der Waals surface area contributed by atoms with Gasteiger partial charge in [-0.1, -0.05) is 12.2 Å². The van der Waals surface area contributed by atoms with E-state index in [1.165, 1.54) is 0 Å². The van der Waals surface area contributed by atoms with Gasteiger partial charge >= 0.3 is 5.97 Å². The van der Waals surface area contributed by atoms with E-state index >= 15 is 0 Å². The Bertz CT molecular complexity index is 660. The summed E-state index contributed by atoms with van der Waals surface area (Å²) in [6.07, 6.45) is 6.96. The molecule has 2 aromatic rings. The Morgan fingerprint density at radius 1 is 1.42 bits per heavy atom. The maximum absolute atomic E-state index is 11.4. The number of fused-ring (bicyclic) bond motifs is 1. The number of rotatable bonds is 2. The topological polar surface area (TPSA) is 68.0 Å². The first-order valence-electron chi connectivity index (χ1n) is 6.33. The Morgan fingerprint density at radius 3 is 2.95 bits per heavy atom. The molecule has 0 spiro atoms. The predicted octanol–water partition coefficient (Wildman–Crippen LogP) is 2.10. The van der Waals surface area contributed by atoms with Crippen LogP contribution in [0.3, 0.4) is 0 Å². The van der Waals surface area contributed by atoms with Crippen LogP contribution in [0, 0.1) is 5.92 Å². The van der Waals surface area contributed by atoms with E-state index in [0.29, 0.717) is 18.5 Å². The summed E-state index contributed by atoms with van der Waals surface area (Å²) in [5, 5.41) is 9.35. The number of hydrogen-bond donors (Lipinski definition) is 1. The third-order valence-corrected chi connectivity index (χ3v) is 3.77. The highest BCUT2D eigenvalue weighted by Gasteiger charge is 2.33. The van der Waals surface area contributed by atoms with Crippen LogP contribution in [-0.2, 0) is 11.8 Å².